The number of fused-ring (bicyclic) bond motifs is 4. The lowest BCUT2D eigenvalue weighted by atomic mass is 9.85. The summed E-state index contributed by atoms with van der Waals surface area (Å²) in [5.41, 5.74) is 4.09. The molecule has 3 aromatic heterocycles. The predicted octanol–water partition coefficient (Wildman–Crippen LogP) is 7.33. The lowest BCUT2D eigenvalue weighted by Gasteiger charge is -2.35. The number of nitrogens with zero attached hydrogens (tertiary/aromatic N) is 8. The van der Waals surface area contributed by atoms with E-state index in [9.17, 15) is 24.6 Å². The number of hydrogen-bond donors (Lipinski definition) is 5. The topological polar surface area (TPSA) is 202 Å². The van der Waals surface area contributed by atoms with Gasteiger partial charge in [0.15, 0.2) is 5.82 Å². The first-order chi connectivity index (χ1) is 39.0. The highest BCUT2D eigenvalue weighted by Gasteiger charge is 2.44. The first kappa shape index (κ1) is 57.3. The van der Waals surface area contributed by atoms with Crippen molar-refractivity contribution in [2.75, 3.05) is 70.4 Å². The van der Waals surface area contributed by atoms with Gasteiger partial charge in [0.1, 0.15) is 40.7 Å². The van der Waals surface area contributed by atoms with Crippen molar-refractivity contribution in [1.82, 2.24) is 50.6 Å². The first-order valence-corrected chi connectivity index (χ1v) is 29.3. The summed E-state index contributed by atoms with van der Waals surface area (Å²) in [4.78, 5) is 68.9. The Morgan fingerprint density at radius 1 is 0.926 bits per heavy atom. The molecular formula is C61H73F2N11O6S. The SMILES string of the molecule is C#Cc1c(F)ccc2cc(O)cc(-c3ncc4c(N5CC6CCC(C5)N6)nc(OCCCN5CCN(CCCCCCC(=O)N[C@H](C(=O)N6C[C@H](O)C[C@H]6C(=O)NCc6ccc(-c7scnc7C)cc6)C(C)(C)C)CC5)nc4c3F)c12. The highest BCUT2D eigenvalue weighted by atomic mass is 32.1. The Balaban J connectivity index is 0.661. The van der Waals surface area contributed by atoms with E-state index in [0.29, 0.717) is 49.1 Å². The quantitative estimate of drug-likeness (QED) is 0.0376. The standard InChI is InChI=1S/C61H73F2N11O6S/c1-6-45-48(62)20-17-40-28-43(75)29-46(51(40)45)53-52(63)54-47(32-64-53)57(73-33-41-18-19-42(34-73)67-41)70-60(69-54)80-27-11-22-72-25-23-71(24-26-72)21-10-8-7-9-12-50(77)68-56(61(3,4)5)59(79)74-35-44(76)30-49(74)58(78)65-31-38-13-15-39(16-14-38)55-37(2)66-36-81-55/h1,13-17,20,28-29,32,36,41-42,44,49,56,67,75-76H,7-12,18-19,21-27,30-31,33-35H2,2-5H3,(H,65,78)(H,68,77)/t41?,42?,44-,49+,56-/m1/s1. The van der Waals surface area contributed by atoms with Crippen LogP contribution in [-0.2, 0) is 20.9 Å². The highest BCUT2D eigenvalue weighted by Crippen LogP contribution is 2.40. The van der Waals surface area contributed by atoms with Gasteiger partial charge in [0.2, 0.25) is 17.7 Å². The molecule has 4 saturated heterocycles. The lowest BCUT2D eigenvalue weighted by molar-refractivity contribution is -0.144. The number of pyridine rings is 1. The Labute approximate surface area is 475 Å². The van der Waals surface area contributed by atoms with Gasteiger partial charge >= 0.3 is 6.01 Å². The van der Waals surface area contributed by atoms with Gasteiger partial charge in [-0.15, -0.1) is 17.8 Å². The molecule has 0 saturated carbocycles. The largest absolute Gasteiger partial charge is 0.508 e. The van der Waals surface area contributed by atoms with Crippen LogP contribution in [0.1, 0.15) is 95.4 Å². The number of likely N-dealkylation sites (tertiary alicyclic amines) is 1. The van der Waals surface area contributed by atoms with Crippen molar-refractivity contribution in [1.29, 1.82) is 0 Å². The van der Waals surface area contributed by atoms with Gasteiger partial charge in [0.05, 0.1) is 39.7 Å². The van der Waals surface area contributed by atoms with Crippen LogP contribution in [0.25, 0.3) is 43.4 Å². The minimum absolute atomic E-state index is 0.0108. The number of phenolic OH excluding ortho intramolecular Hbond substituents is 1. The number of aryl methyl sites for hydroxylation is 1. The lowest BCUT2D eigenvalue weighted by Crippen LogP contribution is -2.57. The minimum atomic E-state index is -0.873. The van der Waals surface area contributed by atoms with Crippen LogP contribution in [0.5, 0.6) is 11.8 Å². The predicted molar refractivity (Wildman–Crippen MR) is 310 cm³/mol. The normalized spacial score (nSPS) is 20.0. The molecule has 10 rings (SSSR count). The van der Waals surface area contributed by atoms with E-state index in [4.69, 9.17) is 16.1 Å². The summed E-state index contributed by atoms with van der Waals surface area (Å²) >= 11 is 1.58. The number of carbonyl (C=O) groups excluding carboxylic acids is 3. The minimum Gasteiger partial charge on any atom is -0.508 e. The molecule has 5 N–H and O–H groups in total. The molecule has 4 aliphatic heterocycles. The molecule has 81 heavy (non-hydrogen) atoms. The molecule has 428 valence electrons. The van der Waals surface area contributed by atoms with Crippen LogP contribution in [0.15, 0.2) is 60.2 Å². The van der Waals surface area contributed by atoms with Crippen molar-refractivity contribution < 1.29 is 38.1 Å². The van der Waals surface area contributed by atoms with Crippen molar-refractivity contribution in [3.8, 4) is 45.8 Å². The molecule has 2 unspecified atom stereocenters. The molecule has 3 amide bonds. The number of carbonyl (C=O) groups is 3. The number of halogens is 2. The van der Waals surface area contributed by atoms with E-state index in [-0.39, 0.29) is 95.2 Å². The maximum Gasteiger partial charge on any atom is 0.319 e. The van der Waals surface area contributed by atoms with Crippen molar-refractivity contribution in [2.45, 2.75) is 122 Å². The molecule has 7 heterocycles. The zero-order valence-corrected chi connectivity index (χ0v) is 47.5. The molecule has 4 fully saturated rings. The van der Waals surface area contributed by atoms with Crippen LogP contribution < -0.4 is 25.6 Å². The third-order valence-electron chi connectivity index (χ3n) is 16.3. The molecule has 5 atom stereocenters. The van der Waals surface area contributed by atoms with Gasteiger partial charge in [-0.2, -0.15) is 9.97 Å². The van der Waals surface area contributed by atoms with Crippen LogP contribution in [0.4, 0.5) is 14.6 Å². The molecule has 6 aromatic rings. The van der Waals surface area contributed by atoms with Crippen LogP contribution in [0.2, 0.25) is 0 Å². The maximum atomic E-state index is 17.0. The molecule has 0 radical (unpaired) electrons. The second-order valence-electron chi connectivity index (χ2n) is 23.2. The maximum absolute atomic E-state index is 17.0. The summed E-state index contributed by atoms with van der Waals surface area (Å²) in [6.07, 6.45) is 13.2. The van der Waals surface area contributed by atoms with E-state index in [0.717, 1.165) is 93.1 Å². The van der Waals surface area contributed by atoms with Gasteiger partial charge in [0.25, 0.3) is 0 Å². The fourth-order valence-electron chi connectivity index (χ4n) is 11.9. The second-order valence-corrected chi connectivity index (χ2v) is 24.1. The number of aliphatic hydroxyl groups excluding tert-OH is 1. The zero-order chi connectivity index (χ0) is 57.0. The number of aromatic hydroxyl groups is 1. The number of ether oxygens (including phenoxy) is 1. The van der Waals surface area contributed by atoms with Gasteiger partial charge in [0, 0.05) is 101 Å². The summed E-state index contributed by atoms with van der Waals surface area (Å²) in [6.45, 7) is 15.1. The summed E-state index contributed by atoms with van der Waals surface area (Å²) in [5, 5.41) is 32.0. The Morgan fingerprint density at radius 3 is 2.33 bits per heavy atom. The summed E-state index contributed by atoms with van der Waals surface area (Å²) < 4.78 is 38.2. The average molecular weight is 1130 g/mol. The third-order valence-corrected chi connectivity index (χ3v) is 17.2. The van der Waals surface area contributed by atoms with Crippen LogP contribution in [0.3, 0.4) is 0 Å². The van der Waals surface area contributed by atoms with Crippen molar-refractivity contribution >= 4 is 56.6 Å². The number of rotatable bonds is 20. The monoisotopic (exact) mass is 1130 g/mol. The second kappa shape index (κ2) is 25.1. The van der Waals surface area contributed by atoms with Gasteiger partial charge in [-0.1, -0.05) is 69.9 Å². The number of aliphatic hydroxyl groups is 1. The van der Waals surface area contributed by atoms with Crippen molar-refractivity contribution in [2.24, 2.45) is 5.41 Å². The number of hydrogen-bond acceptors (Lipinski definition) is 15. The van der Waals surface area contributed by atoms with E-state index in [1.165, 1.54) is 35.4 Å². The number of amides is 3. The molecule has 17 nitrogen and oxygen atoms in total. The number of terminal acetylenes is 1. The summed E-state index contributed by atoms with van der Waals surface area (Å²) in [6, 6.07) is 12.3. The number of piperazine rings is 2. The van der Waals surface area contributed by atoms with E-state index in [1.807, 2.05) is 57.5 Å². The van der Waals surface area contributed by atoms with Gasteiger partial charge in [-0.3, -0.25) is 19.4 Å². The van der Waals surface area contributed by atoms with E-state index < -0.39 is 35.2 Å². The molecule has 4 aliphatic rings. The first-order valence-electron chi connectivity index (χ1n) is 28.4. The van der Waals surface area contributed by atoms with Crippen LogP contribution >= 0.6 is 11.3 Å². The Hall–Kier alpha value is -6.89. The number of anilines is 1. The Kier molecular flexibility index (Phi) is 17.8. The molecule has 20 heteroatoms. The fourth-order valence-corrected chi connectivity index (χ4v) is 12.7. The molecule has 0 aliphatic carbocycles. The fraction of sp³-hybridized carbons (Fsp3) is 0.492. The van der Waals surface area contributed by atoms with Crippen molar-refractivity contribution in [3.63, 3.8) is 0 Å². The molecule has 2 bridgehead atoms. The molecule has 3 aromatic carbocycles. The van der Waals surface area contributed by atoms with Gasteiger partial charge in [-0.25, -0.2) is 13.8 Å². The number of nitrogens with one attached hydrogen (secondary N) is 3. The third kappa shape index (κ3) is 13.2. The van der Waals surface area contributed by atoms with E-state index in [1.54, 1.807) is 11.3 Å². The van der Waals surface area contributed by atoms with Crippen LogP contribution in [-0.4, -0.2) is 158 Å². The number of thiazole rings is 1. The number of aromatic nitrogens is 4. The average Bonchev–Trinajstić information content (AvgIpc) is 4.15. The number of benzene rings is 3. The summed E-state index contributed by atoms with van der Waals surface area (Å²) in [5.74, 6) is 0.472. The smallest absolute Gasteiger partial charge is 0.319 e. The van der Waals surface area contributed by atoms with Gasteiger partial charge < -0.3 is 50.5 Å². The number of unbranched alkanes of at least 4 members (excludes halogenated alkanes) is 3. The highest BCUT2D eigenvalue weighted by molar-refractivity contribution is 7.13. The van der Waals surface area contributed by atoms with E-state index >= 15 is 8.78 Å². The molecule has 0 spiro atoms. The van der Waals surface area contributed by atoms with E-state index in [2.05, 4.69) is 51.5 Å². The molecular weight excluding hydrogens is 1050 g/mol. The van der Waals surface area contributed by atoms with Gasteiger partial charge in [-0.05, 0) is 85.7 Å². The number of phenols is 1. The Morgan fingerprint density at radius 2 is 1.64 bits per heavy atom. The number of β-amino-alcohol motifs (C(OH)–C–C–N with tert-alkyl or cyclic N) is 1. The Bertz CT molecular complexity index is 3290. The summed E-state index contributed by atoms with van der Waals surface area (Å²) in [7, 11) is 0. The van der Waals surface area contributed by atoms with Crippen LogP contribution in [0, 0.1) is 36.3 Å². The zero-order valence-electron chi connectivity index (χ0n) is 46.6. The van der Waals surface area contributed by atoms with Crippen molar-refractivity contribution in [3.05, 3.63) is 88.7 Å².